The third kappa shape index (κ3) is 18.0. The number of hydrogen-bond acceptors (Lipinski definition) is 17. The summed E-state index contributed by atoms with van der Waals surface area (Å²) in [5.41, 5.74) is 1.27. The molecule has 0 spiro atoms. The molecule has 1 aromatic heterocycles. The third-order valence-corrected chi connectivity index (χ3v) is 17.1. The summed E-state index contributed by atoms with van der Waals surface area (Å²) in [7, 11) is 0. The van der Waals surface area contributed by atoms with Crippen LogP contribution in [0, 0.1) is 39.7 Å². The number of hydrogen-bond donors (Lipinski definition) is 2. The van der Waals surface area contributed by atoms with Gasteiger partial charge in [0.05, 0.1) is 37.3 Å². The van der Waals surface area contributed by atoms with Gasteiger partial charge in [0.15, 0.2) is 12.6 Å². The zero-order valence-corrected chi connectivity index (χ0v) is 47.7. The molecule has 0 aliphatic heterocycles. The van der Waals surface area contributed by atoms with Gasteiger partial charge in [-0.25, -0.2) is 4.98 Å². The van der Waals surface area contributed by atoms with E-state index in [-0.39, 0.29) is 53.4 Å². The molecule has 3 aliphatic rings. The summed E-state index contributed by atoms with van der Waals surface area (Å²) in [5, 5.41) is 35.1. The van der Waals surface area contributed by atoms with E-state index in [0.717, 1.165) is 102 Å². The predicted octanol–water partition coefficient (Wildman–Crippen LogP) is 13.5. The SMILES string of the molecule is CCC(=O)OCCCCCCOc1ccc(OC(=O)C2CCC(C(O)Oc3ccc(OC(C4CCC4)C4CCC(C(O)Oc5ccc(OCCCCCCOC(=O)CC)cc5)CC4)c4nc(-c5ccc([N+](=O)[O-])cc5)sc34)CC2)cc1. The van der Waals surface area contributed by atoms with Gasteiger partial charge in [0.1, 0.15) is 55.8 Å². The van der Waals surface area contributed by atoms with Crippen molar-refractivity contribution in [2.45, 2.75) is 167 Å². The fourth-order valence-electron chi connectivity index (χ4n) is 10.8. The van der Waals surface area contributed by atoms with E-state index in [1.807, 2.05) is 36.4 Å². The normalized spacial score (nSPS) is 19.3. The number of esters is 3. The van der Waals surface area contributed by atoms with Crippen LogP contribution in [0.2, 0.25) is 0 Å². The van der Waals surface area contributed by atoms with Crippen LogP contribution >= 0.6 is 11.3 Å². The second-order valence-corrected chi connectivity index (χ2v) is 22.7. The molecule has 3 atom stereocenters. The number of carbonyl (C=O) groups excluding carboxylic acids is 3. The van der Waals surface area contributed by atoms with Gasteiger partial charge in [-0.1, -0.05) is 20.3 Å². The molecule has 0 saturated heterocycles. The van der Waals surface area contributed by atoms with Crippen LogP contribution in [0.3, 0.4) is 0 Å². The Morgan fingerprint density at radius 2 is 1.05 bits per heavy atom. The maximum absolute atomic E-state index is 13.3. The average Bonchev–Trinajstić information content (AvgIpc) is 3.95. The molecular weight excluding hydrogens is 1060 g/mol. The Morgan fingerprint density at radius 3 is 1.58 bits per heavy atom. The van der Waals surface area contributed by atoms with Crippen LogP contribution < -0.4 is 28.4 Å². The zero-order valence-electron chi connectivity index (χ0n) is 46.9. The van der Waals surface area contributed by atoms with Crippen molar-refractivity contribution >= 4 is 45.1 Å². The van der Waals surface area contributed by atoms with Crippen LogP contribution in [-0.4, -0.2) is 83.1 Å². The summed E-state index contributed by atoms with van der Waals surface area (Å²) in [4.78, 5) is 52.0. The fourth-order valence-corrected chi connectivity index (χ4v) is 11.9. The largest absolute Gasteiger partial charge is 0.494 e. The highest BCUT2D eigenvalue weighted by atomic mass is 32.1. The highest BCUT2D eigenvalue weighted by Crippen LogP contribution is 2.46. The molecular formula is C63H80N2O15S. The number of nitro groups is 1. The number of carbonyl (C=O) groups is 3. The number of nitro benzene ring substituents is 1. The van der Waals surface area contributed by atoms with Crippen molar-refractivity contribution in [2.75, 3.05) is 26.4 Å². The topological polar surface area (TPSA) is 222 Å². The molecule has 0 amide bonds. The number of aliphatic hydroxyl groups excluding tert-OH is 2. The molecule has 1 heterocycles. The molecule has 3 fully saturated rings. The molecule has 8 rings (SSSR count). The van der Waals surface area contributed by atoms with Gasteiger partial charge in [0, 0.05) is 42.4 Å². The minimum atomic E-state index is -1.16. The first-order valence-electron chi connectivity index (χ1n) is 29.5. The van der Waals surface area contributed by atoms with Crippen LogP contribution in [0.15, 0.2) is 84.9 Å². The monoisotopic (exact) mass is 1140 g/mol. The van der Waals surface area contributed by atoms with Gasteiger partial charge in [0.2, 0.25) is 0 Å². The van der Waals surface area contributed by atoms with Crippen molar-refractivity contribution in [1.82, 2.24) is 4.98 Å². The van der Waals surface area contributed by atoms with Crippen LogP contribution in [0.1, 0.15) is 149 Å². The van der Waals surface area contributed by atoms with E-state index in [4.69, 9.17) is 42.9 Å². The first-order valence-corrected chi connectivity index (χ1v) is 30.3. The van der Waals surface area contributed by atoms with Crippen molar-refractivity contribution in [1.29, 1.82) is 0 Å². The maximum Gasteiger partial charge on any atom is 0.314 e. The van der Waals surface area contributed by atoms with Crippen LogP contribution in [0.25, 0.3) is 20.8 Å². The zero-order chi connectivity index (χ0) is 56.9. The van der Waals surface area contributed by atoms with E-state index in [2.05, 4.69) is 0 Å². The second kappa shape index (κ2) is 31.1. The van der Waals surface area contributed by atoms with Crippen LogP contribution in [0.5, 0.6) is 34.5 Å². The predicted molar refractivity (Wildman–Crippen MR) is 307 cm³/mol. The first-order chi connectivity index (χ1) is 39.4. The Morgan fingerprint density at radius 1 is 0.568 bits per heavy atom. The first kappa shape index (κ1) is 60.6. The minimum absolute atomic E-state index is 0.0236. The average molecular weight is 1140 g/mol. The number of ether oxygens (including phenoxy) is 8. The number of nitrogens with zero attached hydrogens (tertiary/aromatic N) is 2. The molecule has 18 heteroatoms. The van der Waals surface area contributed by atoms with Crippen LogP contribution in [-0.2, 0) is 23.9 Å². The van der Waals surface area contributed by atoms with Gasteiger partial charge in [0.25, 0.3) is 5.69 Å². The van der Waals surface area contributed by atoms with Crippen molar-refractivity contribution in [2.24, 2.45) is 29.6 Å². The lowest BCUT2D eigenvalue weighted by atomic mass is 9.70. The highest BCUT2D eigenvalue weighted by Gasteiger charge is 2.40. The molecule has 17 nitrogen and oxygen atoms in total. The standard InChI is InChI=1S/C63H80N2O15S/c1-3-55(66)75-40-11-7-5-9-38-73-49-28-32-51(33-29-49)77-61(68)45-18-16-43(17-19-45)58(42-14-13-15-42)79-53-36-37-54(59-57(53)64-60(81-59)44-24-26-48(27-25-44)65(71)72)80-63(70)47-22-20-46(21-23-47)62(69)78-52-34-30-50(31-35-52)74-39-10-6-8-12-41-76-56(67)4-2/h24-37,42-43,45-47,58,61,63,68,70H,3-23,38-41H2,1-2H3. The van der Waals surface area contributed by atoms with Crippen molar-refractivity contribution < 1.29 is 67.4 Å². The lowest BCUT2D eigenvalue weighted by Crippen LogP contribution is -2.41. The fraction of sp³-hybridized carbons (Fsp3) is 0.556. The quantitative estimate of drug-likeness (QED) is 0.0102. The Kier molecular flexibility index (Phi) is 23.2. The lowest BCUT2D eigenvalue weighted by molar-refractivity contribution is -0.384. The molecule has 5 aromatic rings. The number of unbranched alkanes of at least 4 members (excludes halogenated alkanes) is 6. The molecule has 3 unspecified atom stereocenters. The van der Waals surface area contributed by atoms with E-state index < -0.39 is 17.5 Å². The second-order valence-electron chi connectivity index (χ2n) is 21.7. The summed E-state index contributed by atoms with van der Waals surface area (Å²) in [6, 6.07) is 24.4. The van der Waals surface area contributed by atoms with Gasteiger partial charge in [-0.05, 0) is 200 Å². The number of fused-ring (bicyclic) bond motifs is 1. The Bertz CT molecular complexity index is 2750. The number of aliphatic hydroxyl groups is 2. The van der Waals surface area contributed by atoms with Gasteiger partial charge in [-0.2, -0.15) is 0 Å². The van der Waals surface area contributed by atoms with E-state index >= 15 is 0 Å². The van der Waals surface area contributed by atoms with Gasteiger partial charge < -0.3 is 48.1 Å². The molecule has 0 radical (unpaired) electrons. The lowest BCUT2D eigenvalue weighted by Gasteiger charge is -2.41. The Balaban J connectivity index is 0.830. The summed E-state index contributed by atoms with van der Waals surface area (Å²) in [5.74, 6) is 2.86. The number of aromatic nitrogens is 1. The van der Waals surface area contributed by atoms with Crippen molar-refractivity contribution in [3.8, 4) is 45.1 Å². The van der Waals surface area contributed by atoms with E-state index in [1.165, 1.54) is 23.5 Å². The van der Waals surface area contributed by atoms with Crippen molar-refractivity contribution in [3.63, 3.8) is 0 Å². The third-order valence-electron chi connectivity index (χ3n) is 16.0. The van der Waals surface area contributed by atoms with Gasteiger partial charge in [-0.3, -0.25) is 24.5 Å². The van der Waals surface area contributed by atoms with Crippen molar-refractivity contribution in [3.05, 3.63) is 95.0 Å². The molecule has 3 aliphatic carbocycles. The number of non-ortho nitro benzene ring substituents is 1. The molecule has 4 aromatic carbocycles. The van der Waals surface area contributed by atoms with E-state index in [0.29, 0.717) is 120 Å². The summed E-state index contributed by atoms with van der Waals surface area (Å²) in [6.45, 7) is 5.62. The highest BCUT2D eigenvalue weighted by molar-refractivity contribution is 7.22. The number of rotatable bonds is 32. The number of benzene rings is 4. The molecule has 2 N–H and O–H groups in total. The van der Waals surface area contributed by atoms with E-state index in [1.54, 1.807) is 50.2 Å². The molecule has 438 valence electrons. The maximum atomic E-state index is 13.3. The van der Waals surface area contributed by atoms with Gasteiger partial charge >= 0.3 is 17.9 Å². The molecule has 81 heavy (non-hydrogen) atoms. The van der Waals surface area contributed by atoms with E-state index in [9.17, 15) is 34.7 Å². The molecule has 0 bridgehead atoms. The van der Waals surface area contributed by atoms with Crippen LogP contribution in [0.4, 0.5) is 5.69 Å². The smallest absolute Gasteiger partial charge is 0.314 e. The summed E-state index contributed by atoms with van der Waals surface area (Å²) in [6.07, 6.45) is 14.6. The Hall–Kier alpha value is -6.50. The molecule has 3 saturated carbocycles. The minimum Gasteiger partial charge on any atom is -0.494 e. The summed E-state index contributed by atoms with van der Waals surface area (Å²) >= 11 is 1.37. The number of thiazole rings is 1. The van der Waals surface area contributed by atoms with Gasteiger partial charge in [-0.15, -0.1) is 11.3 Å². The Labute approximate surface area is 479 Å². The summed E-state index contributed by atoms with van der Waals surface area (Å²) < 4.78 is 48.1.